The van der Waals surface area contributed by atoms with E-state index in [1.165, 1.54) is 0 Å². The van der Waals surface area contributed by atoms with Crippen molar-refractivity contribution in [3.05, 3.63) is 64.3 Å². The molecule has 2 heterocycles. The lowest BCUT2D eigenvalue weighted by atomic mass is 9.97. The van der Waals surface area contributed by atoms with E-state index >= 15 is 0 Å². The predicted molar refractivity (Wildman–Crippen MR) is 111 cm³/mol. The van der Waals surface area contributed by atoms with E-state index in [2.05, 4.69) is 10.3 Å². The lowest BCUT2D eigenvalue weighted by Gasteiger charge is -2.35. The molecule has 0 amide bonds. The smallest absolute Gasteiger partial charge is 0.326 e. The first-order valence-electron chi connectivity index (χ1n) is 8.59. The topological polar surface area (TPSA) is 68.4 Å². The van der Waals surface area contributed by atoms with Crippen molar-refractivity contribution in [2.45, 2.75) is 25.9 Å². The Morgan fingerprint density at radius 2 is 2.11 bits per heavy atom. The van der Waals surface area contributed by atoms with Crippen LogP contribution in [0, 0.1) is 6.92 Å². The molecule has 7 heteroatoms. The molecule has 4 rings (SSSR count). The zero-order valence-electron chi connectivity index (χ0n) is 14.6. The van der Waals surface area contributed by atoms with Gasteiger partial charge in [0.05, 0.1) is 6.54 Å². The maximum atomic E-state index is 11.9. The molecule has 5 nitrogen and oxygen atoms in total. The van der Waals surface area contributed by atoms with E-state index in [0.29, 0.717) is 23.1 Å². The van der Waals surface area contributed by atoms with Crippen LogP contribution in [0.1, 0.15) is 16.8 Å². The van der Waals surface area contributed by atoms with Crippen LogP contribution in [0.3, 0.4) is 0 Å². The zero-order valence-corrected chi connectivity index (χ0v) is 16.2. The second kappa shape index (κ2) is 6.87. The van der Waals surface area contributed by atoms with Gasteiger partial charge in [-0.25, -0.2) is 4.79 Å². The summed E-state index contributed by atoms with van der Waals surface area (Å²) in [5.74, 6) is -0.886. The number of hydrogen-bond acceptors (Lipinski definition) is 2. The molecule has 1 aliphatic rings. The number of carboxylic acids is 1. The summed E-state index contributed by atoms with van der Waals surface area (Å²) in [7, 11) is 0. The molecule has 0 aliphatic carbocycles. The van der Waals surface area contributed by atoms with Crippen LogP contribution in [-0.4, -0.2) is 32.1 Å². The van der Waals surface area contributed by atoms with E-state index in [4.69, 9.17) is 23.8 Å². The first-order chi connectivity index (χ1) is 12.9. The number of aliphatic carboxylic acids is 1. The van der Waals surface area contributed by atoms with Gasteiger partial charge in [0.25, 0.3) is 0 Å². The van der Waals surface area contributed by atoms with Crippen molar-refractivity contribution in [1.29, 1.82) is 0 Å². The third-order valence-electron chi connectivity index (χ3n) is 4.98. The van der Waals surface area contributed by atoms with Crippen LogP contribution in [0.5, 0.6) is 0 Å². The van der Waals surface area contributed by atoms with Crippen molar-refractivity contribution in [2.24, 2.45) is 0 Å². The van der Waals surface area contributed by atoms with Crippen molar-refractivity contribution < 1.29 is 9.90 Å². The lowest BCUT2D eigenvalue weighted by molar-refractivity contribution is -0.142. The van der Waals surface area contributed by atoms with E-state index < -0.39 is 12.0 Å². The van der Waals surface area contributed by atoms with Gasteiger partial charge in [0.2, 0.25) is 0 Å². The summed E-state index contributed by atoms with van der Waals surface area (Å²) in [5, 5.41) is 15.1. The summed E-state index contributed by atoms with van der Waals surface area (Å²) in [6, 6.07) is 12.7. The Bertz CT molecular complexity index is 1060. The second-order valence-corrected chi connectivity index (χ2v) is 7.53. The van der Waals surface area contributed by atoms with Crippen LogP contribution in [0.15, 0.2) is 42.5 Å². The monoisotopic (exact) mass is 399 g/mol. The van der Waals surface area contributed by atoms with Gasteiger partial charge in [0.15, 0.2) is 5.11 Å². The minimum absolute atomic E-state index is 0.386. The van der Waals surface area contributed by atoms with Gasteiger partial charge in [-0.1, -0.05) is 29.8 Å². The van der Waals surface area contributed by atoms with Crippen LogP contribution < -0.4 is 5.32 Å². The molecule has 3 N–H and O–H groups in total. The maximum Gasteiger partial charge on any atom is 0.326 e. The Morgan fingerprint density at radius 1 is 1.33 bits per heavy atom. The molecule has 1 atom stereocenters. The Balaban J connectivity index is 1.66. The van der Waals surface area contributed by atoms with Crippen molar-refractivity contribution in [2.75, 3.05) is 5.32 Å². The number of hydrogen-bond donors (Lipinski definition) is 3. The normalized spacial score (nSPS) is 16.2. The number of benzene rings is 2. The predicted octanol–water partition coefficient (Wildman–Crippen LogP) is 4.34. The van der Waals surface area contributed by atoms with E-state index in [1.807, 2.05) is 43.3 Å². The highest BCUT2D eigenvalue weighted by molar-refractivity contribution is 7.80. The number of aromatic nitrogens is 1. The number of halogens is 1. The number of aromatic amines is 1. The summed E-state index contributed by atoms with van der Waals surface area (Å²) < 4.78 is 0. The highest BCUT2D eigenvalue weighted by Crippen LogP contribution is 2.31. The lowest BCUT2D eigenvalue weighted by Crippen LogP contribution is -2.50. The summed E-state index contributed by atoms with van der Waals surface area (Å²) in [6.45, 7) is 2.34. The van der Waals surface area contributed by atoms with Crippen LogP contribution in [-0.2, 0) is 17.8 Å². The van der Waals surface area contributed by atoms with Crippen LogP contribution in [0.25, 0.3) is 10.9 Å². The number of para-hydroxylation sites is 1. The Labute approximate surface area is 166 Å². The molecule has 1 aliphatic heterocycles. The highest BCUT2D eigenvalue weighted by atomic mass is 35.5. The molecule has 3 aromatic rings. The van der Waals surface area contributed by atoms with Gasteiger partial charge < -0.3 is 20.3 Å². The molecular weight excluding hydrogens is 382 g/mol. The number of nitrogens with one attached hydrogen (secondary N) is 2. The average molecular weight is 400 g/mol. The Kier molecular flexibility index (Phi) is 4.53. The Hall–Kier alpha value is -2.57. The number of anilines is 1. The summed E-state index contributed by atoms with van der Waals surface area (Å²) >= 11 is 11.6. The minimum Gasteiger partial charge on any atom is -0.480 e. The van der Waals surface area contributed by atoms with Gasteiger partial charge in [-0.3, -0.25) is 0 Å². The number of rotatable bonds is 2. The van der Waals surface area contributed by atoms with E-state index in [1.54, 1.807) is 11.0 Å². The van der Waals surface area contributed by atoms with Gasteiger partial charge in [-0.05, 0) is 54.5 Å². The van der Waals surface area contributed by atoms with Gasteiger partial charge in [0, 0.05) is 33.7 Å². The number of aryl methyl sites for hydroxylation is 1. The molecule has 27 heavy (non-hydrogen) atoms. The first kappa shape index (κ1) is 17.8. The van der Waals surface area contributed by atoms with E-state index in [0.717, 1.165) is 33.4 Å². The quantitative estimate of drug-likeness (QED) is 0.559. The van der Waals surface area contributed by atoms with Gasteiger partial charge >= 0.3 is 5.97 Å². The number of H-pyrrole nitrogens is 1. The average Bonchev–Trinajstić information content (AvgIpc) is 3.00. The molecule has 2 aromatic carbocycles. The number of nitrogens with zero attached hydrogens (tertiary/aromatic N) is 1. The highest BCUT2D eigenvalue weighted by Gasteiger charge is 2.35. The van der Waals surface area contributed by atoms with Crippen LogP contribution >= 0.6 is 23.8 Å². The number of thiocarbonyl (C=S) groups is 1. The van der Waals surface area contributed by atoms with Crippen LogP contribution in [0.2, 0.25) is 5.02 Å². The maximum absolute atomic E-state index is 11.9. The van der Waals surface area contributed by atoms with Gasteiger partial charge in [-0.2, -0.15) is 0 Å². The number of carboxylic acid groups (broad SMARTS) is 1. The van der Waals surface area contributed by atoms with E-state index in [-0.39, 0.29) is 0 Å². The molecule has 0 radical (unpaired) electrons. The van der Waals surface area contributed by atoms with E-state index in [9.17, 15) is 9.90 Å². The summed E-state index contributed by atoms with van der Waals surface area (Å²) in [4.78, 5) is 17.1. The molecule has 0 saturated carbocycles. The fourth-order valence-electron chi connectivity index (χ4n) is 3.60. The first-order valence-corrected chi connectivity index (χ1v) is 9.37. The fourth-order valence-corrected chi connectivity index (χ4v) is 4.12. The third kappa shape index (κ3) is 3.26. The fraction of sp³-hybridized carbons (Fsp3) is 0.200. The van der Waals surface area contributed by atoms with Crippen molar-refractivity contribution >= 4 is 51.5 Å². The van der Waals surface area contributed by atoms with Gasteiger partial charge in [0.1, 0.15) is 6.04 Å². The largest absolute Gasteiger partial charge is 0.480 e. The summed E-state index contributed by atoms with van der Waals surface area (Å²) in [6.07, 6.45) is 0.399. The second-order valence-electron chi connectivity index (χ2n) is 6.70. The third-order valence-corrected chi connectivity index (χ3v) is 5.55. The molecular formula is C20H18ClN3O2S. The molecule has 138 valence electrons. The van der Waals surface area contributed by atoms with Crippen molar-refractivity contribution in [1.82, 2.24) is 9.88 Å². The molecule has 1 unspecified atom stereocenters. The molecule has 0 fully saturated rings. The standard InChI is InChI=1S/C20H18ClN3O2S/c1-11-8-12(21)6-7-15(11)23-20(27)24-10-17-14(9-18(24)19(25)26)13-4-2-3-5-16(13)22-17/h2-8,18,22H,9-10H2,1H3,(H,23,27)(H,25,26). The van der Waals surface area contributed by atoms with Crippen molar-refractivity contribution in [3.63, 3.8) is 0 Å². The molecule has 0 bridgehead atoms. The zero-order chi connectivity index (χ0) is 19.1. The summed E-state index contributed by atoms with van der Waals surface area (Å²) in [5.41, 5.74) is 4.84. The SMILES string of the molecule is Cc1cc(Cl)ccc1NC(=S)N1Cc2[nH]c3ccccc3c2CC1C(=O)O. The minimum atomic E-state index is -0.886. The molecule has 0 saturated heterocycles. The van der Waals surface area contributed by atoms with Gasteiger partial charge in [-0.15, -0.1) is 0 Å². The molecule has 1 aromatic heterocycles. The molecule has 0 spiro atoms. The Morgan fingerprint density at radius 3 is 2.85 bits per heavy atom. The van der Waals surface area contributed by atoms with Crippen molar-refractivity contribution in [3.8, 4) is 0 Å². The number of carbonyl (C=O) groups is 1. The number of fused-ring (bicyclic) bond motifs is 3. The van der Waals surface area contributed by atoms with Crippen LogP contribution in [0.4, 0.5) is 5.69 Å².